The molecule has 0 unspecified atom stereocenters. The Morgan fingerprint density at radius 1 is 1.30 bits per heavy atom. The molecule has 0 heterocycles. The van der Waals surface area contributed by atoms with Crippen LogP contribution >= 0.6 is 0 Å². The Balaban J connectivity index is 2.17. The maximum absolute atomic E-state index is 11.9. The summed E-state index contributed by atoms with van der Waals surface area (Å²) in [5.74, 6) is -0.317. The number of carboxylic acid groups (broad SMARTS) is 1. The number of carbonyl (C=O) groups excluding carboxylic acids is 1. The molecule has 1 aliphatic rings. The zero-order chi connectivity index (χ0) is 17.3. The summed E-state index contributed by atoms with van der Waals surface area (Å²) >= 11 is 0. The van der Waals surface area contributed by atoms with E-state index in [1.165, 1.54) is 7.11 Å². The molecule has 2 rings (SSSR count). The van der Waals surface area contributed by atoms with E-state index in [0.717, 1.165) is 18.4 Å². The monoisotopic (exact) mass is 321 g/mol. The molecule has 1 aromatic rings. The molecule has 0 bridgehead atoms. The fraction of sp³-hybridized carbons (Fsp3) is 0.529. The van der Waals surface area contributed by atoms with Crippen LogP contribution < -0.4 is 10.1 Å². The maximum Gasteiger partial charge on any atom is 0.412 e. The van der Waals surface area contributed by atoms with Gasteiger partial charge in [0.25, 0.3) is 0 Å². The van der Waals surface area contributed by atoms with Gasteiger partial charge in [0, 0.05) is 5.41 Å². The Morgan fingerprint density at radius 2 is 1.96 bits per heavy atom. The molecule has 23 heavy (non-hydrogen) atoms. The quantitative estimate of drug-likeness (QED) is 0.866. The molecule has 1 fully saturated rings. The third kappa shape index (κ3) is 4.37. The van der Waals surface area contributed by atoms with Crippen LogP contribution in [0.15, 0.2) is 18.2 Å². The zero-order valence-corrected chi connectivity index (χ0v) is 13.9. The first-order valence-corrected chi connectivity index (χ1v) is 7.55. The molecule has 0 aliphatic heterocycles. The number of anilines is 1. The van der Waals surface area contributed by atoms with Crippen molar-refractivity contribution in [1.82, 2.24) is 0 Å². The Bertz CT molecular complexity index is 614. The van der Waals surface area contributed by atoms with Gasteiger partial charge in [0.05, 0.1) is 19.2 Å². The lowest BCUT2D eigenvalue weighted by atomic mass is 9.92. The van der Waals surface area contributed by atoms with Gasteiger partial charge in [-0.3, -0.25) is 10.1 Å². The highest BCUT2D eigenvalue weighted by Crippen LogP contribution is 2.52. The van der Waals surface area contributed by atoms with Crippen LogP contribution in [0.4, 0.5) is 10.5 Å². The van der Waals surface area contributed by atoms with E-state index in [2.05, 4.69) is 5.32 Å². The van der Waals surface area contributed by atoms with E-state index >= 15 is 0 Å². The normalized spacial score (nSPS) is 15.7. The molecule has 1 amide bonds. The van der Waals surface area contributed by atoms with Crippen LogP contribution in [0.5, 0.6) is 5.75 Å². The van der Waals surface area contributed by atoms with Crippen molar-refractivity contribution in [1.29, 1.82) is 0 Å². The van der Waals surface area contributed by atoms with Crippen molar-refractivity contribution in [2.75, 3.05) is 12.4 Å². The number of methoxy groups -OCH3 is 1. The fourth-order valence-corrected chi connectivity index (χ4v) is 2.55. The van der Waals surface area contributed by atoms with E-state index < -0.39 is 17.7 Å². The molecular weight excluding hydrogens is 298 g/mol. The first-order chi connectivity index (χ1) is 10.6. The highest BCUT2D eigenvalue weighted by molar-refractivity contribution is 5.87. The van der Waals surface area contributed by atoms with Gasteiger partial charge in [0.1, 0.15) is 11.4 Å². The predicted octanol–water partition coefficient (Wildman–Crippen LogP) is 3.55. The molecule has 2 N–H and O–H groups in total. The third-order valence-corrected chi connectivity index (χ3v) is 3.79. The second kappa shape index (κ2) is 6.10. The van der Waals surface area contributed by atoms with Crippen LogP contribution in [0.3, 0.4) is 0 Å². The summed E-state index contributed by atoms with van der Waals surface area (Å²) in [6.45, 7) is 5.36. The van der Waals surface area contributed by atoms with Gasteiger partial charge in [0.15, 0.2) is 0 Å². The number of nitrogens with one attached hydrogen (secondary N) is 1. The molecule has 6 nitrogen and oxygen atoms in total. The molecule has 0 saturated heterocycles. The summed E-state index contributed by atoms with van der Waals surface area (Å²) in [5.41, 5.74) is 0.531. The van der Waals surface area contributed by atoms with E-state index in [9.17, 15) is 9.59 Å². The SMILES string of the molecule is COc1cc(C2(CC(=O)O)CC2)ccc1NC(=O)OC(C)(C)C. The number of aliphatic carboxylic acids is 1. The molecule has 126 valence electrons. The smallest absolute Gasteiger partial charge is 0.412 e. The second-order valence-corrected chi connectivity index (χ2v) is 6.89. The zero-order valence-electron chi connectivity index (χ0n) is 13.9. The van der Waals surface area contributed by atoms with Crippen LogP contribution in [0, 0.1) is 0 Å². The summed E-state index contributed by atoms with van der Waals surface area (Å²) < 4.78 is 10.5. The van der Waals surface area contributed by atoms with Crippen LogP contribution in [0.25, 0.3) is 0 Å². The molecule has 0 atom stereocenters. The van der Waals surface area contributed by atoms with Gasteiger partial charge in [-0.05, 0) is 51.3 Å². The molecule has 0 radical (unpaired) electrons. The largest absolute Gasteiger partial charge is 0.495 e. The van der Waals surface area contributed by atoms with Crippen molar-refractivity contribution in [3.8, 4) is 5.75 Å². The van der Waals surface area contributed by atoms with Crippen LogP contribution in [-0.4, -0.2) is 29.9 Å². The van der Waals surface area contributed by atoms with Gasteiger partial charge in [-0.1, -0.05) is 6.07 Å². The van der Waals surface area contributed by atoms with Crippen molar-refractivity contribution < 1.29 is 24.2 Å². The minimum absolute atomic E-state index is 0.106. The minimum Gasteiger partial charge on any atom is -0.495 e. The van der Waals surface area contributed by atoms with E-state index in [4.69, 9.17) is 14.6 Å². The Kier molecular flexibility index (Phi) is 4.54. The number of rotatable bonds is 5. The van der Waals surface area contributed by atoms with E-state index in [-0.39, 0.29) is 11.8 Å². The van der Waals surface area contributed by atoms with Gasteiger partial charge in [-0.15, -0.1) is 0 Å². The molecule has 6 heteroatoms. The lowest BCUT2D eigenvalue weighted by Crippen LogP contribution is -2.27. The van der Waals surface area contributed by atoms with Crippen LogP contribution in [0.2, 0.25) is 0 Å². The minimum atomic E-state index is -0.808. The number of ether oxygens (including phenoxy) is 2. The number of amides is 1. The Morgan fingerprint density at radius 3 is 2.43 bits per heavy atom. The summed E-state index contributed by atoms with van der Waals surface area (Å²) in [6, 6.07) is 5.35. The second-order valence-electron chi connectivity index (χ2n) is 6.89. The molecule has 0 aromatic heterocycles. The van der Waals surface area contributed by atoms with Crippen LogP contribution in [0.1, 0.15) is 45.6 Å². The van der Waals surface area contributed by atoms with Gasteiger partial charge < -0.3 is 14.6 Å². The van der Waals surface area contributed by atoms with Gasteiger partial charge >= 0.3 is 12.1 Å². The Hall–Kier alpha value is -2.24. The number of benzene rings is 1. The average Bonchev–Trinajstić information content (AvgIpc) is 3.16. The standard InChI is InChI=1S/C17H23NO5/c1-16(2,3)23-15(21)18-12-6-5-11(9-13(12)22-4)17(7-8-17)10-14(19)20/h5-6,9H,7-8,10H2,1-4H3,(H,18,21)(H,19,20). The maximum atomic E-state index is 11.9. The molecular formula is C17H23NO5. The van der Waals surface area contributed by atoms with Crippen molar-refractivity contribution in [2.45, 2.75) is 51.0 Å². The molecule has 1 aromatic carbocycles. The topological polar surface area (TPSA) is 84.9 Å². The van der Waals surface area contributed by atoms with E-state index in [1.807, 2.05) is 6.07 Å². The molecule has 0 spiro atoms. The Labute approximate surface area is 135 Å². The van der Waals surface area contributed by atoms with Gasteiger partial charge in [-0.2, -0.15) is 0 Å². The first-order valence-electron chi connectivity index (χ1n) is 7.55. The summed E-state index contributed by atoms with van der Waals surface area (Å²) in [5, 5.41) is 11.7. The van der Waals surface area contributed by atoms with Gasteiger partial charge in [0.2, 0.25) is 0 Å². The van der Waals surface area contributed by atoms with Crippen molar-refractivity contribution in [2.24, 2.45) is 0 Å². The number of hydrogen-bond donors (Lipinski definition) is 2. The number of hydrogen-bond acceptors (Lipinski definition) is 4. The van der Waals surface area contributed by atoms with Crippen molar-refractivity contribution in [3.05, 3.63) is 23.8 Å². The molecule has 1 aliphatic carbocycles. The van der Waals surface area contributed by atoms with E-state index in [1.54, 1.807) is 32.9 Å². The van der Waals surface area contributed by atoms with Crippen LogP contribution in [-0.2, 0) is 14.9 Å². The summed E-state index contributed by atoms with van der Waals surface area (Å²) in [4.78, 5) is 22.9. The number of carbonyl (C=O) groups is 2. The first kappa shape index (κ1) is 17.1. The summed E-state index contributed by atoms with van der Waals surface area (Å²) in [6.07, 6.45) is 1.24. The predicted molar refractivity (Wildman–Crippen MR) is 86.0 cm³/mol. The highest BCUT2D eigenvalue weighted by Gasteiger charge is 2.46. The van der Waals surface area contributed by atoms with Crippen molar-refractivity contribution >= 4 is 17.7 Å². The third-order valence-electron chi connectivity index (χ3n) is 3.79. The van der Waals surface area contributed by atoms with Crippen molar-refractivity contribution in [3.63, 3.8) is 0 Å². The van der Waals surface area contributed by atoms with E-state index in [0.29, 0.717) is 11.4 Å². The highest BCUT2D eigenvalue weighted by atomic mass is 16.6. The number of carboxylic acids is 1. The molecule has 1 saturated carbocycles. The average molecular weight is 321 g/mol. The lowest BCUT2D eigenvalue weighted by Gasteiger charge is -2.21. The fourth-order valence-electron chi connectivity index (χ4n) is 2.55. The summed E-state index contributed by atoms with van der Waals surface area (Å²) in [7, 11) is 1.51. The lowest BCUT2D eigenvalue weighted by molar-refractivity contribution is -0.137. The van der Waals surface area contributed by atoms with Gasteiger partial charge in [-0.25, -0.2) is 4.79 Å².